The van der Waals surface area contributed by atoms with Crippen LogP contribution in [0, 0.1) is 11.3 Å². The van der Waals surface area contributed by atoms with Crippen LogP contribution in [-0.4, -0.2) is 23.4 Å². The highest BCUT2D eigenvalue weighted by molar-refractivity contribution is 7.20. The Morgan fingerprint density at radius 2 is 2.17 bits per heavy atom. The first-order chi connectivity index (χ1) is 11.4. The lowest BCUT2D eigenvalue weighted by molar-refractivity contribution is 0.102. The SMILES string of the molecule is CC(C)N1CCc2c(sc(NC(=O)c3cc(Cl)sc3Cl)c2C#N)C1. The predicted octanol–water partition coefficient (Wildman–Crippen LogP) is 5.01. The number of thiophene rings is 2. The third-order valence-electron chi connectivity index (χ3n) is 4.06. The Labute approximate surface area is 158 Å². The van der Waals surface area contributed by atoms with Gasteiger partial charge in [-0.25, -0.2) is 0 Å². The molecule has 0 atom stereocenters. The van der Waals surface area contributed by atoms with Crippen LogP contribution in [0.1, 0.15) is 40.2 Å². The normalized spacial score (nSPS) is 14.5. The van der Waals surface area contributed by atoms with Crippen molar-refractivity contribution in [3.63, 3.8) is 0 Å². The van der Waals surface area contributed by atoms with Gasteiger partial charge in [-0.05, 0) is 31.9 Å². The van der Waals surface area contributed by atoms with Gasteiger partial charge in [0, 0.05) is 24.0 Å². The monoisotopic (exact) mass is 399 g/mol. The first kappa shape index (κ1) is 17.7. The minimum Gasteiger partial charge on any atom is -0.312 e. The third kappa shape index (κ3) is 3.32. The van der Waals surface area contributed by atoms with E-state index in [0.717, 1.165) is 41.3 Å². The zero-order chi connectivity index (χ0) is 17.4. The van der Waals surface area contributed by atoms with Gasteiger partial charge in [0.15, 0.2) is 0 Å². The Bertz CT molecular complexity index is 835. The number of nitrogens with one attached hydrogen (secondary N) is 1. The molecule has 0 fully saturated rings. The van der Waals surface area contributed by atoms with Gasteiger partial charge < -0.3 is 5.32 Å². The number of rotatable bonds is 3. The molecule has 24 heavy (non-hydrogen) atoms. The van der Waals surface area contributed by atoms with E-state index < -0.39 is 0 Å². The Kier molecular flexibility index (Phi) is 5.19. The van der Waals surface area contributed by atoms with Crippen molar-refractivity contribution in [2.45, 2.75) is 32.9 Å². The van der Waals surface area contributed by atoms with Crippen molar-refractivity contribution in [2.75, 3.05) is 11.9 Å². The predicted molar refractivity (Wildman–Crippen MR) is 101 cm³/mol. The molecule has 0 aromatic carbocycles. The standard InChI is InChI=1S/C16H15Cl2N3OS2/c1-8(2)21-4-3-9-11(6-19)16(23-12(9)7-21)20-15(22)10-5-13(17)24-14(10)18/h5,8H,3-4,7H2,1-2H3,(H,20,22). The number of amides is 1. The summed E-state index contributed by atoms with van der Waals surface area (Å²) in [5, 5.41) is 13.0. The van der Waals surface area contributed by atoms with Gasteiger partial charge in [-0.1, -0.05) is 23.2 Å². The van der Waals surface area contributed by atoms with Gasteiger partial charge in [0.25, 0.3) is 5.91 Å². The molecule has 1 aliphatic rings. The summed E-state index contributed by atoms with van der Waals surface area (Å²) in [6, 6.07) is 4.24. The number of hydrogen-bond acceptors (Lipinski definition) is 5. The second-order valence-corrected chi connectivity index (χ2v) is 9.22. The molecule has 4 nitrogen and oxygen atoms in total. The van der Waals surface area contributed by atoms with Gasteiger partial charge in [-0.15, -0.1) is 22.7 Å². The van der Waals surface area contributed by atoms with Crippen molar-refractivity contribution in [2.24, 2.45) is 0 Å². The van der Waals surface area contributed by atoms with Crippen molar-refractivity contribution in [1.29, 1.82) is 5.26 Å². The largest absolute Gasteiger partial charge is 0.312 e. The number of hydrogen-bond donors (Lipinski definition) is 1. The van der Waals surface area contributed by atoms with Crippen LogP contribution < -0.4 is 5.32 Å². The van der Waals surface area contributed by atoms with Crippen LogP contribution in [-0.2, 0) is 13.0 Å². The average Bonchev–Trinajstić information content (AvgIpc) is 3.05. The van der Waals surface area contributed by atoms with Crippen molar-refractivity contribution < 1.29 is 4.79 Å². The molecular formula is C16H15Cl2N3OS2. The molecule has 126 valence electrons. The summed E-state index contributed by atoms with van der Waals surface area (Å²) < 4.78 is 0.812. The number of nitriles is 1. The molecule has 1 N–H and O–H groups in total. The fourth-order valence-electron chi connectivity index (χ4n) is 2.74. The topological polar surface area (TPSA) is 56.1 Å². The van der Waals surface area contributed by atoms with Crippen molar-refractivity contribution in [3.8, 4) is 6.07 Å². The van der Waals surface area contributed by atoms with Crippen molar-refractivity contribution in [1.82, 2.24) is 4.90 Å². The highest BCUT2D eigenvalue weighted by Crippen LogP contribution is 2.38. The average molecular weight is 400 g/mol. The van der Waals surface area contributed by atoms with E-state index in [9.17, 15) is 10.1 Å². The van der Waals surface area contributed by atoms with E-state index in [-0.39, 0.29) is 5.91 Å². The maximum atomic E-state index is 12.4. The molecule has 1 aliphatic heterocycles. The molecule has 3 heterocycles. The molecule has 0 unspecified atom stereocenters. The smallest absolute Gasteiger partial charge is 0.258 e. The molecule has 8 heteroatoms. The molecule has 0 radical (unpaired) electrons. The summed E-state index contributed by atoms with van der Waals surface area (Å²) in [4.78, 5) is 16.0. The first-order valence-electron chi connectivity index (χ1n) is 7.45. The van der Waals surface area contributed by atoms with Gasteiger partial charge >= 0.3 is 0 Å². The minimum absolute atomic E-state index is 0.334. The zero-order valence-electron chi connectivity index (χ0n) is 13.2. The second-order valence-electron chi connectivity index (χ2n) is 5.83. The molecule has 3 rings (SSSR count). The van der Waals surface area contributed by atoms with Crippen LogP contribution >= 0.6 is 45.9 Å². The summed E-state index contributed by atoms with van der Waals surface area (Å²) >= 11 is 14.6. The fraction of sp³-hybridized carbons (Fsp3) is 0.375. The number of carbonyl (C=O) groups is 1. The van der Waals surface area contributed by atoms with Crippen LogP contribution in [0.25, 0.3) is 0 Å². The quantitative estimate of drug-likeness (QED) is 0.788. The van der Waals surface area contributed by atoms with E-state index in [1.54, 1.807) is 6.07 Å². The minimum atomic E-state index is -0.334. The van der Waals surface area contributed by atoms with E-state index in [0.29, 0.717) is 30.8 Å². The van der Waals surface area contributed by atoms with Gasteiger partial charge in [0.05, 0.1) is 15.5 Å². The summed E-state index contributed by atoms with van der Waals surface area (Å²) in [6.07, 6.45) is 0.827. The molecule has 0 saturated heterocycles. The van der Waals surface area contributed by atoms with Crippen LogP contribution in [0.4, 0.5) is 5.00 Å². The highest BCUT2D eigenvalue weighted by Gasteiger charge is 2.27. The fourth-order valence-corrected chi connectivity index (χ4v) is 5.41. The molecule has 0 aliphatic carbocycles. The Morgan fingerprint density at radius 1 is 1.42 bits per heavy atom. The van der Waals surface area contributed by atoms with Gasteiger partial charge in [0.1, 0.15) is 15.4 Å². The van der Waals surface area contributed by atoms with Crippen molar-refractivity contribution in [3.05, 3.63) is 36.3 Å². The van der Waals surface area contributed by atoms with Crippen LogP contribution in [0.5, 0.6) is 0 Å². The first-order valence-corrected chi connectivity index (χ1v) is 9.84. The molecule has 0 spiro atoms. The van der Waals surface area contributed by atoms with E-state index in [1.807, 2.05) is 0 Å². The van der Waals surface area contributed by atoms with Crippen LogP contribution in [0.15, 0.2) is 6.07 Å². The van der Waals surface area contributed by atoms with E-state index >= 15 is 0 Å². The van der Waals surface area contributed by atoms with Crippen LogP contribution in [0.3, 0.4) is 0 Å². The molecule has 1 amide bonds. The van der Waals surface area contributed by atoms with Gasteiger partial charge in [-0.3, -0.25) is 9.69 Å². The van der Waals surface area contributed by atoms with Crippen LogP contribution in [0.2, 0.25) is 8.67 Å². The Hall–Kier alpha value is -1.10. The van der Waals surface area contributed by atoms with Crippen molar-refractivity contribution >= 4 is 56.8 Å². The van der Waals surface area contributed by atoms with Gasteiger partial charge in [0.2, 0.25) is 0 Å². The highest BCUT2D eigenvalue weighted by atomic mass is 35.5. The summed E-state index contributed by atoms with van der Waals surface area (Å²) in [5.41, 5.74) is 1.97. The molecule has 0 bridgehead atoms. The van der Waals surface area contributed by atoms with E-state index in [4.69, 9.17) is 23.2 Å². The lowest BCUT2D eigenvalue weighted by Gasteiger charge is -2.30. The third-order valence-corrected chi connectivity index (χ3v) is 6.68. The number of anilines is 1. The summed E-state index contributed by atoms with van der Waals surface area (Å²) in [6.45, 7) is 6.06. The molecule has 2 aromatic heterocycles. The summed E-state index contributed by atoms with van der Waals surface area (Å²) in [7, 11) is 0. The lowest BCUT2D eigenvalue weighted by Crippen LogP contribution is -2.35. The zero-order valence-corrected chi connectivity index (χ0v) is 16.3. The molecule has 0 saturated carbocycles. The number of halogens is 2. The summed E-state index contributed by atoms with van der Waals surface area (Å²) in [5.74, 6) is -0.334. The Balaban J connectivity index is 1.88. The maximum Gasteiger partial charge on any atom is 0.258 e. The second kappa shape index (κ2) is 7.03. The van der Waals surface area contributed by atoms with E-state index in [1.165, 1.54) is 11.3 Å². The molecule has 2 aromatic rings. The number of nitrogens with zero attached hydrogens (tertiary/aromatic N) is 2. The Morgan fingerprint density at radius 3 is 2.75 bits per heavy atom. The maximum absolute atomic E-state index is 12.4. The van der Waals surface area contributed by atoms with E-state index in [2.05, 4.69) is 30.1 Å². The lowest BCUT2D eigenvalue weighted by atomic mass is 10.0. The van der Waals surface area contributed by atoms with Gasteiger partial charge in [-0.2, -0.15) is 5.26 Å². The molecular weight excluding hydrogens is 385 g/mol. The number of carbonyl (C=O) groups excluding carboxylic acids is 1. The number of fused-ring (bicyclic) bond motifs is 1.